The van der Waals surface area contributed by atoms with Crippen LogP contribution in [0.1, 0.15) is 30.5 Å². The van der Waals surface area contributed by atoms with Gasteiger partial charge in [-0.15, -0.1) is 0 Å². The lowest BCUT2D eigenvalue weighted by atomic mass is 9.80. The van der Waals surface area contributed by atoms with Gasteiger partial charge in [0.2, 0.25) is 0 Å². The first-order chi connectivity index (χ1) is 17.0. The fourth-order valence-electron chi connectivity index (χ4n) is 3.37. The molecule has 2 amide bonds. The molecule has 200 valence electrons. The van der Waals surface area contributed by atoms with Crippen LogP contribution >= 0.6 is 0 Å². The van der Waals surface area contributed by atoms with Crippen LogP contribution in [0.25, 0.3) is 0 Å². The summed E-state index contributed by atoms with van der Waals surface area (Å²) in [5, 5.41) is 5.05. The summed E-state index contributed by atoms with van der Waals surface area (Å²) in [4.78, 5) is 16.7. The molecule has 0 fully saturated rings. The Hall–Kier alpha value is -3.83. The Morgan fingerprint density at radius 3 is 2.19 bits per heavy atom. The number of nitrogens with one attached hydrogen (secondary N) is 2. The predicted octanol–water partition coefficient (Wildman–Crippen LogP) is 5.98. The number of nitrogens with two attached hydrogens (primary N) is 1. The minimum atomic E-state index is -4.94. The summed E-state index contributed by atoms with van der Waals surface area (Å²) in [5.74, 6) is -1.26. The molecule has 2 rings (SSSR count). The molecule has 0 aromatic heterocycles. The molecule has 0 saturated heterocycles. The van der Waals surface area contributed by atoms with Crippen LogP contribution in [0.15, 0.2) is 77.6 Å². The van der Waals surface area contributed by atoms with Crippen molar-refractivity contribution in [2.75, 3.05) is 0 Å². The summed E-state index contributed by atoms with van der Waals surface area (Å²) in [6, 6.07) is 8.54. The van der Waals surface area contributed by atoms with Gasteiger partial charge >= 0.3 is 18.4 Å². The number of benzene rings is 2. The minimum Gasteiger partial charge on any atom is -0.395 e. The Morgan fingerprint density at radius 2 is 1.65 bits per heavy atom. The fraction of sp³-hybridized carbons (Fsp3) is 0.280. The second kappa shape index (κ2) is 11.5. The summed E-state index contributed by atoms with van der Waals surface area (Å²) in [6.07, 6.45) is -8.98. The monoisotopic (exact) mass is 530 g/mol. The lowest BCUT2D eigenvalue weighted by molar-refractivity contribution is -0.137. The van der Waals surface area contributed by atoms with Gasteiger partial charge in [-0.1, -0.05) is 36.9 Å². The number of rotatable bonds is 8. The predicted molar refractivity (Wildman–Crippen MR) is 126 cm³/mol. The normalized spacial score (nSPS) is 14.5. The van der Waals surface area contributed by atoms with E-state index < -0.39 is 47.0 Å². The molecule has 0 radical (unpaired) electrons. The molecule has 0 aliphatic carbocycles. The van der Waals surface area contributed by atoms with Gasteiger partial charge in [-0.25, -0.2) is 9.18 Å². The summed E-state index contributed by atoms with van der Waals surface area (Å²) >= 11 is 0. The Balaban J connectivity index is 2.78. The molecule has 0 aliphatic rings. The van der Waals surface area contributed by atoms with Gasteiger partial charge in [0, 0.05) is 18.7 Å². The molecular formula is C25H25F7N4O. The van der Waals surface area contributed by atoms with Crippen LogP contribution in [-0.4, -0.2) is 24.5 Å². The number of allylic oxidation sites excluding steroid dienone is 2. The topological polar surface area (TPSA) is 79.5 Å². The summed E-state index contributed by atoms with van der Waals surface area (Å²) < 4.78 is 93.4. The molecule has 0 saturated carbocycles. The van der Waals surface area contributed by atoms with Gasteiger partial charge in [-0.05, 0) is 49.2 Å². The first-order valence-corrected chi connectivity index (χ1v) is 10.8. The molecule has 0 unspecified atom stereocenters. The van der Waals surface area contributed by atoms with Crippen molar-refractivity contribution in [1.82, 2.24) is 10.6 Å². The van der Waals surface area contributed by atoms with E-state index in [1.807, 2.05) is 0 Å². The van der Waals surface area contributed by atoms with Gasteiger partial charge in [-0.2, -0.15) is 26.3 Å². The second-order valence-electron chi connectivity index (χ2n) is 8.39. The molecule has 5 nitrogen and oxygen atoms in total. The molecule has 0 spiro atoms. The first kappa shape index (κ1) is 29.4. The van der Waals surface area contributed by atoms with Crippen molar-refractivity contribution in [2.45, 2.75) is 44.2 Å². The first-order valence-electron chi connectivity index (χ1n) is 10.8. The quantitative estimate of drug-likeness (QED) is 0.290. The molecular weight excluding hydrogens is 505 g/mol. The molecule has 4 N–H and O–H groups in total. The molecule has 37 heavy (non-hydrogen) atoms. The third-order valence-electron chi connectivity index (χ3n) is 5.08. The van der Waals surface area contributed by atoms with Crippen LogP contribution in [0.2, 0.25) is 0 Å². The lowest BCUT2D eigenvalue weighted by Crippen LogP contribution is -2.53. The molecule has 0 bridgehead atoms. The zero-order chi connectivity index (χ0) is 28.0. The van der Waals surface area contributed by atoms with Crippen LogP contribution < -0.4 is 16.4 Å². The molecule has 0 aliphatic heterocycles. The maximum atomic E-state index is 14.5. The molecule has 1 atom stereocenters. The highest BCUT2D eigenvalue weighted by Crippen LogP contribution is 2.38. The van der Waals surface area contributed by atoms with Crippen molar-refractivity contribution < 1.29 is 35.5 Å². The van der Waals surface area contributed by atoms with E-state index in [1.54, 1.807) is 44.2 Å². The van der Waals surface area contributed by atoms with Gasteiger partial charge in [-0.3, -0.25) is 4.99 Å². The van der Waals surface area contributed by atoms with Crippen molar-refractivity contribution in [2.24, 2.45) is 10.7 Å². The van der Waals surface area contributed by atoms with Crippen LogP contribution in [0, 0.1) is 5.82 Å². The number of hydrogen-bond acceptors (Lipinski definition) is 3. The van der Waals surface area contributed by atoms with Crippen LogP contribution in [0.5, 0.6) is 0 Å². The highest BCUT2D eigenvalue weighted by molar-refractivity contribution is 5.77. The van der Waals surface area contributed by atoms with E-state index in [1.165, 1.54) is 0 Å². The number of hydrogen-bond donors (Lipinski definition) is 3. The van der Waals surface area contributed by atoms with Gasteiger partial charge in [0.15, 0.2) is 0 Å². The van der Waals surface area contributed by atoms with Crippen LogP contribution in [0.4, 0.5) is 35.5 Å². The van der Waals surface area contributed by atoms with E-state index in [2.05, 4.69) is 22.2 Å². The van der Waals surface area contributed by atoms with Gasteiger partial charge in [0.25, 0.3) is 0 Å². The third kappa shape index (κ3) is 8.09. The van der Waals surface area contributed by atoms with E-state index in [-0.39, 0.29) is 23.7 Å². The number of carbonyl (C=O) groups is 1. The smallest absolute Gasteiger partial charge is 0.395 e. The number of halogens is 7. The summed E-state index contributed by atoms with van der Waals surface area (Å²) in [6.45, 7) is 6.97. The van der Waals surface area contributed by atoms with Gasteiger partial charge < -0.3 is 16.4 Å². The maximum absolute atomic E-state index is 14.5. The van der Waals surface area contributed by atoms with Crippen molar-refractivity contribution in [1.29, 1.82) is 0 Å². The highest BCUT2D eigenvalue weighted by Gasteiger charge is 2.41. The number of aliphatic imine (C=N–C) groups is 1. The Bertz CT molecular complexity index is 1170. The van der Waals surface area contributed by atoms with Crippen LogP contribution in [0.3, 0.4) is 0 Å². The van der Waals surface area contributed by atoms with Crippen molar-refractivity contribution in [3.05, 3.63) is 95.1 Å². The third-order valence-corrected chi connectivity index (χ3v) is 5.08. The fourth-order valence-corrected chi connectivity index (χ4v) is 3.37. The van der Waals surface area contributed by atoms with Crippen molar-refractivity contribution >= 4 is 12.2 Å². The van der Waals surface area contributed by atoms with Crippen LogP contribution in [-0.2, 0) is 18.1 Å². The average molecular weight is 530 g/mol. The number of amides is 2. The van der Waals surface area contributed by atoms with E-state index in [9.17, 15) is 35.5 Å². The standard InChI is InChI=1S/C25H25F7N4O/c1-15(2)35-22(37)36-23(14-17-7-5-4-6-8-17,16(3)34-10-9-21(33)25(30,31)32)18-11-19(24(27,28)29)13-20(26)12-18/h4-13,15H,3,14,33H2,1-2H3,(H2,35,36,37)/b21-9-,34-10-/t23-/m1/s1. The molecule has 2 aromatic rings. The van der Waals surface area contributed by atoms with E-state index in [0.717, 1.165) is 6.07 Å². The highest BCUT2D eigenvalue weighted by atomic mass is 19.4. The molecule has 12 heteroatoms. The number of carbonyl (C=O) groups excluding carboxylic acids is 1. The maximum Gasteiger partial charge on any atom is 0.430 e. The van der Waals surface area contributed by atoms with Gasteiger partial charge in [0.05, 0.1) is 11.3 Å². The largest absolute Gasteiger partial charge is 0.430 e. The molecule has 0 heterocycles. The van der Waals surface area contributed by atoms with Crippen molar-refractivity contribution in [3.63, 3.8) is 0 Å². The number of urea groups is 1. The molecule has 2 aromatic carbocycles. The zero-order valence-corrected chi connectivity index (χ0v) is 19.8. The van der Waals surface area contributed by atoms with Gasteiger partial charge in [0.1, 0.15) is 17.1 Å². The minimum absolute atomic E-state index is 0.269. The number of nitrogens with zero attached hydrogens (tertiary/aromatic N) is 1. The second-order valence-corrected chi connectivity index (χ2v) is 8.39. The van der Waals surface area contributed by atoms with E-state index >= 15 is 0 Å². The van der Waals surface area contributed by atoms with E-state index in [4.69, 9.17) is 5.73 Å². The van der Waals surface area contributed by atoms with Crippen molar-refractivity contribution in [3.8, 4) is 0 Å². The Morgan fingerprint density at radius 1 is 1.05 bits per heavy atom. The van der Waals surface area contributed by atoms with E-state index in [0.29, 0.717) is 23.9 Å². The summed E-state index contributed by atoms with van der Waals surface area (Å²) in [7, 11) is 0. The SMILES string of the molecule is C=C(/N=C\C=C(/N)C(F)(F)F)[C@@](Cc1ccccc1)(NC(=O)NC(C)C)c1cc(F)cc(C(F)(F)F)c1. The Labute approximate surface area is 209 Å². The zero-order valence-electron chi connectivity index (χ0n) is 19.8. The Kier molecular flexibility index (Phi) is 9.13. The summed E-state index contributed by atoms with van der Waals surface area (Å²) in [5.41, 5.74) is -0.159. The lowest BCUT2D eigenvalue weighted by Gasteiger charge is -2.36. The average Bonchev–Trinajstić information content (AvgIpc) is 2.76. The number of alkyl halides is 6.